The molecule has 2 N–H and O–H groups in total. The van der Waals surface area contributed by atoms with Crippen LogP contribution >= 0.6 is 11.3 Å². The summed E-state index contributed by atoms with van der Waals surface area (Å²) in [6.07, 6.45) is 2.29. The Morgan fingerprint density at radius 3 is 2.53 bits per heavy atom. The van der Waals surface area contributed by atoms with E-state index in [-0.39, 0.29) is 0 Å². The summed E-state index contributed by atoms with van der Waals surface area (Å²) in [6, 6.07) is 7.89. The van der Waals surface area contributed by atoms with Crippen LogP contribution in [0.4, 0.5) is 5.13 Å². The third kappa shape index (κ3) is 4.21. The lowest BCUT2D eigenvalue weighted by molar-refractivity contribution is 0.298. The molecule has 4 nitrogen and oxygen atoms in total. The Hall–Kier alpha value is -1.62. The van der Waals surface area contributed by atoms with Gasteiger partial charge in [0.15, 0.2) is 0 Å². The second-order valence-corrected chi connectivity index (χ2v) is 5.86. The Kier molecular flexibility index (Phi) is 4.74. The van der Waals surface area contributed by atoms with E-state index >= 15 is 0 Å². The third-order valence-corrected chi connectivity index (χ3v) is 3.54. The fraction of sp³-hybridized carbons (Fsp3) is 0.429. The van der Waals surface area contributed by atoms with E-state index in [4.69, 9.17) is 10.5 Å². The molecule has 0 atom stereocenters. The number of anilines is 1. The minimum absolute atomic E-state index is 0.490. The van der Waals surface area contributed by atoms with Gasteiger partial charge in [-0.25, -0.2) is 0 Å². The molecular formula is C14H19N3OS. The molecule has 0 amide bonds. The van der Waals surface area contributed by atoms with Crippen LogP contribution in [0.3, 0.4) is 0 Å². The zero-order valence-corrected chi connectivity index (χ0v) is 12.1. The molecule has 0 unspecified atom stereocenters. The van der Waals surface area contributed by atoms with Gasteiger partial charge in [0, 0.05) is 5.56 Å². The maximum atomic E-state index is 5.70. The van der Waals surface area contributed by atoms with Crippen molar-refractivity contribution in [2.45, 2.75) is 26.7 Å². The topological polar surface area (TPSA) is 61.0 Å². The van der Waals surface area contributed by atoms with Crippen LogP contribution in [-0.2, 0) is 0 Å². The lowest BCUT2D eigenvalue weighted by atomic mass is 10.1. The van der Waals surface area contributed by atoms with Gasteiger partial charge < -0.3 is 10.5 Å². The van der Waals surface area contributed by atoms with E-state index in [2.05, 4.69) is 24.0 Å². The molecular weight excluding hydrogens is 258 g/mol. The molecule has 0 aliphatic rings. The number of hydrogen-bond acceptors (Lipinski definition) is 5. The Balaban J connectivity index is 1.88. The molecule has 0 radical (unpaired) electrons. The fourth-order valence-corrected chi connectivity index (χ4v) is 2.34. The van der Waals surface area contributed by atoms with Gasteiger partial charge in [-0.1, -0.05) is 25.2 Å². The van der Waals surface area contributed by atoms with E-state index in [9.17, 15) is 0 Å². The maximum absolute atomic E-state index is 5.70. The molecule has 0 saturated carbocycles. The van der Waals surface area contributed by atoms with Crippen molar-refractivity contribution in [3.8, 4) is 16.3 Å². The first-order valence-corrected chi connectivity index (χ1v) is 7.29. The monoisotopic (exact) mass is 277 g/mol. The van der Waals surface area contributed by atoms with Gasteiger partial charge in [-0.3, -0.25) is 0 Å². The number of hydrogen-bond donors (Lipinski definition) is 1. The average molecular weight is 277 g/mol. The highest BCUT2D eigenvalue weighted by molar-refractivity contribution is 7.18. The van der Waals surface area contributed by atoms with Crippen molar-refractivity contribution in [1.82, 2.24) is 10.2 Å². The molecule has 2 aromatic rings. The Morgan fingerprint density at radius 1 is 1.21 bits per heavy atom. The predicted octanol–water partition coefficient (Wildman–Crippen LogP) is 3.60. The number of ether oxygens (including phenoxy) is 1. The van der Waals surface area contributed by atoms with Crippen LogP contribution < -0.4 is 10.5 Å². The van der Waals surface area contributed by atoms with E-state index in [1.807, 2.05) is 24.3 Å². The lowest BCUT2D eigenvalue weighted by Crippen LogP contribution is -1.99. The number of nitrogens with two attached hydrogens (primary N) is 1. The van der Waals surface area contributed by atoms with Crippen molar-refractivity contribution in [1.29, 1.82) is 0 Å². The van der Waals surface area contributed by atoms with Gasteiger partial charge in [0.2, 0.25) is 5.13 Å². The number of nitrogens with zero attached hydrogens (tertiary/aromatic N) is 2. The Bertz CT molecular complexity index is 508. The number of aromatic nitrogens is 2. The van der Waals surface area contributed by atoms with Crippen molar-refractivity contribution in [2.75, 3.05) is 12.3 Å². The first kappa shape index (κ1) is 13.8. The van der Waals surface area contributed by atoms with Crippen LogP contribution in [0.1, 0.15) is 26.7 Å². The second kappa shape index (κ2) is 6.52. The van der Waals surface area contributed by atoms with E-state index in [1.165, 1.54) is 17.8 Å². The summed E-state index contributed by atoms with van der Waals surface area (Å²) < 4.78 is 5.70. The van der Waals surface area contributed by atoms with E-state index in [0.717, 1.165) is 35.3 Å². The van der Waals surface area contributed by atoms with Crippen molar-refractivity contribution < 1.29 is 4.74 Å². The molecule has 19 heavy (non-hydrogen) atoms. The smallest absolute Gasteiger partial charge is 0.203 e. The molecule has 1 aromatic carbocycles. The second-order valence-electron chi connectivity index (χ2n) is 4.85. The molecule has 1 aromatic heterocycles. The lowest BCUT2D eigenvalue weighted by Gasteiger charge is -2.07. The normalized spacial score (nSPS) is 10.9. The summed E-state index contributed by atoms with van der Waals surface area (Å²) in [7, 11) is 0. The number of benzene rings is 1. The molecule has 0 spiro atoms. The highest BCUT2D eigenvalue weighted by atomic mass is 32.1. The van der Waals surface area contributed by atoms with Gasteiger partial charge in [0.25, 0.3) is 0 Å². The summed E-state index contributed by atoms with van der Waals surface area (Å²) >= 11 is 1.39. The molecule has 0 aliphatic carbocycles. The van der Waals surface area contributed by atoms with Crippen LogP contribution in [0.25, 0.3) is 10.6 Å². The molecule has 102 valence electrons. The summed E-state index contributed by atoms with van der Waals surface area (Å²) in [5.74, 6) is 1.62. The third-order valence-electron chi connectivity index (χ3n) is 2.74. The molecule has 1 heterocycles. The van der Waals surface area contributed by atoms with E-state index in [0.29, 0.717) is 5.13 Å². The summed E-state index contributed by atoms with van der Waals surface area (Å²) in [5.41, 5.74) is 6.59. The van der Waals surface area contributed by atoms with Crippen LogP contribution in [0, 0.1) is 5.92 Å². The molecule has 0 bridgehead atoms. The van der Waals surface area contributed by atoms with E-state index in [1.54, 1.807) is 0 Å². The van der Waals surface area contributed by atoms with Crippen molar-refractivity contribution in [3.05, 3.63) is 24.3 Å². The quantitative estimate of drug-likeness (QED) is 0.819. The minimum Gasteiger partial charge on any atom is -0.494 e. The van der Waals surface area contributed by atoms with Crippen LogP contribution in [0.15, 0.2) is 24.3 Å². The molecule has 0 aliphatic heterocycles. The maximum Gasteiger partial charge on any atom is 0.203 e. The zero-order chi connectivity index (χ0) is 13.7. The van der Waals surface area contributed by atoms with Crippen molar-refractivity contribution in [2.24, 2.45) is 5.92 Å². The van der Waals surface area contributed by atoms with Crippen LogP contribution in [-0.4, -0.2) is 16.8 Å². The Morgan fingerprint density at radius 2 is 1.95 bits per heavy atom. The van der Waals surface area contributed by atoms with Crippen molar-refractivity contribution in [3.63, 3.8) is 0 Å². The van der Waals surface area contributed by atoms with Crippen LogP contribution in [0.2, 0.25) is 0 Å². The number of nitrogen functional groups attached to an aromatic ring is 1. The van der Waals surface area contributed by atoms with Gasteiger partial charge in [-0.2, -0.15) is 0 Å². The van der Waals surface area contributed by atoms with Gasteiger partial charge in [-0.05, 0) is 43.0 Å². The summed E-state index contributed by atoms with van der Waals surface area (Å²) in [5, 5.41) is 9.15. The standard InChI is InChI=1S/C14H19N3OS/c1-10(2)4-3-9-18-12-7-5-11(6-8-12)13-16-17-14(15)19-13/h5-8,10H,3-4,9H2,1-2H3,(H2,15,17). The first-order chi connectivity index (χ1) is 9.15. The largest absolute Gasteiger partial charge is 0.494 e. The molecule has 5 heteroatoms. The number of rotatable bonds is 6. The SMILES string of the molecule is CC(C)CCCOc1ccc(-c2nnc(N)s2)cc1. The predicted molar refractivity (Wildman–Crippen MR) is 79.3 cm³/mol. The molecule has 0 saturated heterocycles. The van der Waals surface area contributed by atoms with E-state index < -0.39 is 0 Å². The van der Waals surface area contributed by atoms with Gasteiger partial charge in [0.1, 0.15) is 10.8 Å². The highest BCUT2D eigenvalue weighted by Crippen LogP contribution is 2.26. The average Bonchev–Trinajstić information content (AvgIpc) is 2.82. The van der Waals surface area contributed by atoms with Gasteiger partial charge in [0.05, 0.1) is 6.61 Å². The zero-order valence-electron chi connectivity index (χ0n) is 11.3. The minimum atomic E-state index is 0.490. The van der Waals surface area contributed by atoms with Crippen molar-refractivity contribution >= 4 is 16.5 Å². The first-order valence-electron chi connectivity index (χ1n) is 6.47. The van der Waals surface area contributed by atoms with Gasteiger partial charge in [-0.15, -0.1) is 10.2 Å². The molecule has 0 fully saturated rings. The Labute approximate surface area is 117 Å². The van der Waals surface area contributed by atoms with Gasteiger partial charge >= 0.3 is 0 Å². The fourth-order valence-electron chi connectivity index (χ4n) is 1.73. The summed E-state index contributed by atoms with van der Waals surface area (Å²) in [4.78, 5) is 0. The van der Waals surface area contributed by atoms with Crippen LogP contribution in [0.5, 0.6) is 5.75 Å². The highest BCUT2D eigenvalue weighted by Gasteiger charge is 2.04. The molecule has 2 rings (SSSR count). The summed E-state index contributed by atoms with van der Waals surface area (Å²) in [6.45, 7) is 5.22.